The number of hydrazine groups is 1. The normalized spacial score (nSPS) is 10.1. The van der Waals surface area contributed by atoms with E-state index in [9.17, 15) is 4.79 Å². The van der Waals surface area contributed by atoms with E-state index in [0.717, 1.165) is 16.0 Å². The number of nitrogens with one attached hydrogen (secondary N) is 1. The lowest BCUT2D eigenvalue weighted by atomic mass is 10.0. The fourth-order valence-corrected chi connectivity index (χ4v) is 2.53. The van der Waals surface area contributed by atoms with Crippen LogP contribution in [-0.2, 0) is 0 Å². The number of nitrogen functional groups attached to an aromatic ring is 1. The summed E-state index contributed by atoms with van der Waals surface area (Å²) in [5.74, 6) is 4.92. The molecule has 0 unspecified atom stereocenters. The highest BCUT2D eigenvalue weighted by atomic mass is 32.1. The second-order valence-corrected chi connectivity index (χ2v) is 4.50. The highest BCUT2D eigenvalue weighted by Crippen LogP contribution is 2.31. The number of aryl methyl sites for hydroxylation is 1. The van der Waals surface area contributed by atoms with Crippen LogP contribution >= 0.6 is 11.3 Å². The summed E-state index contributed by atoms with van der Waals surface area (Å²) in [6, 6.07) is 9.84. The number of carbonyl (C=O) groups excluding carboxylic acids is 1. The van der Waals surface area contributed by atoms with Crippen LogP contribution in [0.15, 0.2) is 35.7 Å². The molecule has 3 N–H and O–H groups in total. The molecule has 1 heterocycles. The van der Waals surface area contributed by atoms with Gasteiger partial charge in [-0.2, -0.15) is 0 Å². The molecule has 1 amide bonds. The van der Waals surface area contributed by atoms with E-state index < -0.39 is 0 Å². The molecule has 3 nitrogen and oxygen atoms in total. The molecule has 0 aliphatic carbocycles. The average Bonchev–Trinajstić information content (AvgIpc) is 2.71. The molecule has 0 saturated carbocycles. The maximum Gasteiger partial charge on any atom is 0.266 e. The highest BCUT2D eigenvalue weighted by molar-refractivity contribution is 7.10. The fourth-order valence-electron chi connectivity index (χ4n) is 1.66. The Morgan fingerprint density at radius 3 is 2.62 bits per heavy atom. The van der Waals surface area contributed by atoms with Crippen molar-refractivity contribution in [2.75, 3.05) is 0 Å². The Bertz CT molecular complexity index is 505. The zero-order valence-corrected chi connectivity index (χ0v) is 9.67. The summed E-state index contributed by atoms with van der Waals surface area (Å²) in [6.45, 7) is 2.00. The maximum absolute atomic E-state index is 11.6. The van der Waals surface area contributed by atoms with Gasteiger partial charge < -0.3 is 0 Å². The smallest absolute Gasteiger partial charge is 0.266 e. The van der Waals surface area contributed by atoms with E-state index in [4.69, 9.17) is 5.84 Å². The lowest BCUT2D eigenvalue weighted by Gasteiger charge is -2.04. The third-order valence-corrected chi connectivity index (χ3v) is 3.32. The minimum atomic E-state index is -0.247. The molecule has 1 aromatic carbocycles. The van der Waals surface area contributed by atoms with Crippen molar-refractivity contribution in [2.45, 2.75) is 6.92 Å². The van der Waals surface area contributed by atoms with Gasteiger partial charge in [0.25, 0.3) is 5.91 Å². The van der Waals surface area contributed by atoms with Crippen molar-refractivity contribution in [1.82, 2.24) is 5.43 Å². The van der Waals surface area contributed by atoms with E-state index in [1.54, 1.807) is 11.3 Å². The summed E-state index contributed by atoms with van der Waals surface area (Å²) in [7, 11) is 0. The number of hydrogen-bond acceptors (Lipinski definition) is 3. The van der Waals surface area contributed by atoms with Crippen LogP contribution in [0.2, 0.25) is 0 Å². The summed E-state index contributed by atoms with van der Waals surface area (Å²) in [5.41, 5.74) is 4.82. The molecule has 16 heavy (non-hydrogen) atoms. The molecule has 0 bridgehead atoms. The standard InChI is InChI=1S/C12H12N2OS/c1-8-11(9-5-3-2-4-6-9)10(7-16-8)12(15)14-13/h2-7H,13H2,1H3,(H,14,15). The molecule has 0 fully saturated rings. The van der Waals surface area contributed by atoms with Gasteiger partial charge in [-0.25, -0.2) is 5.84 Å². The van der Waals surface area contributed by atoms with Crippen LogP contribution in [0.5, 0.6) is 0 Å². The SMILES string of the molecule is Cc1scc(C(=O)NN)c1-c1ccccc1. The first-order chi connectivity index (χ1) is 7.74. The summed E-state index contributed by atoms with van der Waals surface area (Å²) < 4.78 is 0. The summed E-state index contributed by atoms with van der Waals surface area (Å²) in [6.07, 6.45) is 0. The second kappa shape index (κ2) is 4.47. The number of rotatable bonds is 2. The van der Waals surface area contributed by atoms with Gasteiger partial charge >= 0.3 is 0 Å². The number of nitrogens with two attached hydrogens (primary N) is 1. The van der Waals surface area contributed by atoms with Gasteiger partial charge in [0, 0.05) is 15.8 Å². The molecule has 0 spiro atoms. The molecule has 0 atom stereocenters. The predicted octanol–water partition coefficient (Wildman–Crippen LogP) is 2.33. The Morgan fingerprint density at radius 1 is 1.31 bits per heavy atom. The van der Waals surface area contributed by atoms with E-state index >= 15 is 0 Å². The van der Waals surface area contributed by atoms with E-state index in [-0.39, 0.29) is 5.91 Å². The Kier molecular flexibility index (Phi) is 3.03. The lowest BCUT2D eigenvalue weighted by molar-refractivity contribution is 0.0954. The molecule has 82 valence electrons. The van der Waals surface area contributed by atoms with E-state index in [2.05, 4.69) is 5.43 Å². The van der Waals surface area contributed by atoms with E-state index in [1.807, 2.05) is 42.6 Å². The molecular formula is C12H12N2OS. The second-order valence-electron chi connectivity index (χ2n) is 3.42. The molecule has 0 radical (unpaired) electrons. The van der Waals surface area contributed by atoms with Gasteiger partial charge in [0.05, 0.1) is 5.56 Å². The number of thiophene rings is 1. The summed E-state index contributed by atoms with van der Waals surface area (Å²) >= 11 is 1.55. The van der Waals surface area contributed by atoms with Crippen LogP contribution in [0.1, 0.15) is 15.2 Å². The predicted molar refractivity (Wildman–Crippen MR) is 66.1 cm³/mol. The lowest BCUT2D eigenvalue weighted by Crippen LogP contribution is -2.30. The number of amides is 1. The Balaban J connectivity index is 2.56. The van der Waals surface area contributed by atoms with Gasteiger partial charge in [0.15, 0.2) is 0 Å². The Morgan fingerprint density at radius 2 is 2.00 bits per heavy atom. The molecule has 0 saturated heterocycles. The molecule has 2 aromatic rings. The highest BCUT2D eigenvalue weighted by Gasteiger charge is 2.15. The first-order valence-electron chi connectivity index (χ1n) is 4.88. The third-order valence-electron chi connectivity index (χ3n) is 2.41. The molecule has 2 rings (SSSR count). The van der Waals surface area contributed by atoms with Crippen LogP contribution in [0.25, 0.3) is 11.1 Å². The van der Waals surface area contributed by atoms with E-state index in [0.29, 0.717) is 5.56 Å². The molecular weight excluding hydrogens is 220 g/mol. The fraction of sp³-hybridized carbons (Fsp3) is 0.0833. The topological polar surface area (TPSA) is 55.1 Å². The zero-order valence-electron chi connectivity index (χ0n) is 8.86. The molecule has 0 aliphatic rings. The first kappa shape index (κ1) is 10.9. The van der Waals surface area contributed by atoms with Gasteiger partial charge in [0.1, 0.15) is 0 Å². The van der Waals surface area contributed by atoms with Gasteiger partial charge in [-0.15, -0.1) is 11.3 Å². The maximum atomic E-state index is 11.6. The average molecular weight is 232 g/mol. The van der Waals surface area contributed by atoms with Gasteiger partial charge in [-0.1, -0.05) is 30.3 Å². The van der Waals surface area contributed by atoms with Gasteiger partial charge in [-0.05, 0) is 12.5 Å². The van der Waals surface area contributed by atoms with Crippen molar-refractivity contribution < 1.29 is 4.79 Å². The summed E-state index contributed by atoms with van der Waals surface area (Å²) in [5, 5.41) is 1.83. The third kappa shape index (κ3) is 1.85. The quantitative estimate of drug-likeness (QED) is 0.474. The molecule has 4 heteroatoms. The van der Waals surface area contributed by atoms with Gasteiger partial charge in [0.2, 0.25) is 0 Å². The number of benzene rings is 1. The van der Waals surface area contributed by atoms with E-state index in [1.165, 1.54) is 0 Å². The Hall–Kier alpha value is -1.65. The van der Waals surface area contributed by atoms with Crippen LogP contribution in [0.4, 0.5) is 0 Å². The molecule has 0 aliphatic heterocycles. The largest absolute Gasteiger partial charge is 0.290 e. The minimum absolute atomic E-state index is 0.247. The van der Waals surface area contributed by atoms with Crippen molar-refractivity contribution >= 4 is 17.2 Å². The van der Waals surface area contributed by atoms with Crippen LogP contribution in [0.3, 0.4) is 0 Å². The zero-order chi connectivity index (χ0) is 11.5. The monoisotopic (exact) mass is 232 g/mol. The minimum Gasteiger partial charge on any atom is -0.290 e. The van der Waals surface area contributed by atoms with Crippen molar-refractivity contribution in [2.24, 2.45) is 5.84 Å². The molecule has 1 aromatic heterocycles. The van der Waals surface area contributed by atoms with Crippen LogP contribution in [-0.4, -0.2) is 5.91 Å². The number of hydrogen-bond donors (Lipinski definition) is 2. The summed E-state index contributed by atoms with van der Waals surface area (Å²) in [4.78, 5) is 12.7. The van der Waals surface area contributed by atoms with Crippen molar-refractivity contribution in [1.29, 1.82) is 0 Å². The van der Waals surface area contributed by atoms with Gasteiger partial charge in [-0.3, -0.25) is 10.2 Å². The van der Waals surface area contributed by atoms with Crippen LogP contribution in [0, 0.1) is 6.92 Å². The van der Waals surface area contributed by atoms with Crippen molar-refractivity contribution in [3.8, 4) is 11.1 Å². The Labute approximate surface area is 97.9 Å². The van der Waals surface area contributed by atoms with Crippen LogP contribution < -0.4 is 11.3 Å². The van der Waals surface area contributed by atoms with Crippen molar-refractivity contribution in [3.63, 3.8) is 0 Å². The van der Waals surface area contributed by atoms with Crippen molar-refractivity contribution in [3.05, 3.63) is 46.2 Å². The number of carbonyl (C=O) groups is 1. The first-order valence-corrected chi connectivity index (χ1v) is 5.76.